The molecule has 1 aromatic carbocycles. The average molecular weight is 491 g/mol. The van der Waals surface area contributed by atoms with Crippen LogP contribution in [0.2, 0.25) is 0 Å². The van der Waals surface area contributed by atoms with Crippen LogP contribution in [0.15, 0.2) is 42.5 Å². The summed E-state index contributed by atoms with van der Waals surface area (Å²) in [5.74, 6) is -1.37. The first kappa shape index (κ1) is 24.5. The van der Waals surface area contributed by atoms with Gasteiger partial charge in [-0.1, -0.05) is 32.9 Å². The van der Waals surface area contributed by atoms with Gasteiger partial charge >= 0.3 is 0 Å². The minimum atomic E-state index is -0.674. The van der Waals surface area contributed by atoms with E-state index in [1.807, 2.05) is 19.1 Å². The fourth-order valence-corrected chi connectivity index (χ4v) is 5.54. The average Bonchev–Trinajstić information content (AvgIpc) is 3.57. The lowest BCUT2D eigenvalue weighted by molar-refractivity contribution is 0.0928. The van der Waals surface area contributed by atoms with Crippen LogP contribution < -0.4 is 5.32 Å². The number of pyridine rings is 1. The van der Waals surface area contributed by atoms with Crippen molar-refractivity contribution in [3.05, 3.63) is 76.7 Å². The van der Waals surface area contributed by atoms with Crippen molar-refractivity contribution < 1.29 is 13.6 Å². The molecule has 0 unspecified atom stereocenters. The third-order valence-corrected chi connectivity index (χ3v) is 8.47. The second-order valence-corrected chi connectivity index (χ2v) is 11.4. The molecule has 0 saturated heterocycles. The van der Waals surface area contributed by atoms with Crippen LogP contribution in [0.5, 0.6) is 0 Å². The first-order valence-electron chi connectivity index (χ1n) is 12.6. The molecule has 3 aromatic rings. The Morgan fingerprint density at radius 3 is 2.33 bits per heavy atom. The van der Waals surface area contributed by atoms with Crippen LogP contribution in [0.3, 0.4) is 0 Å². The molecular formula is C29H32F2N4O. The molecule has 36 heavy (non-hydrogen) atoms. The third kappa shape index (κ3) is 3.89. The Labute approximate surface area is 210 Å². The Balaban J connectivity index is 1.64. The van der Waals surface area contributed by atoms with Crippen molar-refractivity contribution >= 4 is 5.91 Å². The smallest absolute Gasteiger partial charge is 0.270 e. The number of carbonyl (C=O) groups excluding carboxylic acids is 1. The largest absolute Gasteiger partial charge is 0.346 e. The zero-order valence-corrected chi connectivity index (χ0v) is 21.5. The number of nitrogens with one attached hydrogen (secondary N) is 1. The molecule has 2 aliphatic rings. The molecule has 2 aliphatic carbocycles. The molecular weight excluding hydrogens is 458 g/mol. The summed E-state index contributed by atoms with van der Waals surface area (Å²) in [6, 6.07) is 11.1. The molecule has 5 rings (SSSR count). The minimum absolute atomic E-state index is 0.145. The second kappa shape index (κ2) is 8.43. The first-order chi connectivity index (χ1) is 17.0. The van der Waals surface area contributed by atoms with Gasteiger partial charge in [0.05, 0.1) is 28.1 Å². The van der Waals surface area contributed by atoms with Crippen molar-refractivity contribution in [1.29, 1.82) is 0 Å². The Kier molecular flexibility index (Phi) is 5.73. The van der Waals surface area contributed by atoms with Crippen LogP contribution in [-0.2, 0) is 5.41 Å². The molecule has 0 aliphatic heterocycles. The monoisotopic (exact) mass is 490 g/mol. The number of amides is 1. The van der Waals surface area contributed by atoms with Crippen LogP contribution >= 0.6 is 0 Å². The Bertz CT molecular complexity index is 1330. The van der Waals surface area contributed by atoms with Gasteiger partial charge in [0.25, 0.3) is 5.91 Å². The van der Waals surface area contributed by atoms with Crippen molar-refractivity contribution in [2.24, 2.45) is 5.41 Å². The third-order valence-electron chi connectivity index (χ3n) is 8.47. The zero-order valence-electron chi connectivity index (χ0n) is 21.5. The quantitative estimate of drug-likeness (QED) is 0.454. The number of hydrogen-bond donors (Lipinski definition) is 1. The lowest BCUT2D eigenvalue weighted by atomic mass is 9.54. The number of benzene rings is 1. The molecule has 5 nitrogen and oxygen atoms in total. The molecule has 188 valence electrons. The van der Waals surface area contributed by atoms with Gasteiger partial charge in [0.15, 0.2) is 0 Å². The van der Waals surface area contributed by atoms with Gasteiger partial charge in [-0.05, 0) is 86.8 Å². The highest BCUT2D eigenvalue weighted by atomic mass is 19.1. The van der Waals surface area contributed by atoms with Crippen molar-refractivity contribution in [3.8, 4) is 11.3 Å². The van der Waals surface area contributed by atoms with Crippen LogP contribution in [0.25, 0.3) is 11.3 Å². The number of rotatable bonds is 5. The van der Waals surface area contributed by atoms with Crippen LogP contribution in [0.4, 0.5) is 8.78 Å². The summed E-state index contributed by atoms with van der Waals surface area (Å²) in [4.78, 5) is 17.8. The van der Waals surface area contributed by atoms with Gasteiger partial charge in [-0.2, -0.15) is 5.10 Å². The van der Waals surface area contributed by atoms with Gasteiger partial charge < -0.3 is 5.32 Å². The Morgan fingerprint density at radius 2 is 1.69 bits per heavy atom. The van der Waals surface area contributed by atoms with Gasteiger partial charge in [0.1, 0.15) is 17.3 Å². The molecule has 0 radical (unpaired) electrons. The van der Waals surface area contributed by atoms with E-state index in [1.54, 1.807) is 12.1 Å². The molecule has 1 fully saturated rings. The maximum absolute atomic E-state index is 14.6. The molecule has 2 atom stereocenters. The van der Waals surface area contributed by atoms with Crippen molar-refractivity contribution in [1.82, 2.24) is 20.5 Å². The molecule has 2 aromatic heterocycles. The van der Waals surface area contributed by atoms with E-state index in [0.29, 0.717) is 5.69 Å². The van der Waals surface area contributed by atoms with E-state index in [9.17, 15) is 13.6 Å². The molecule has 2 heterocycles. The zero-order chi connectivity index (χ0) is 25.9. The van der Waals surface area contributed by atoms with Crippen molar-refractivity contribution in [3.63, 3.8) is 0 Å². The number of carbonyl (C=O) groups is 1. The standard InChI is InChI=1S/C29H32F2N4O/c1-6-17-16-27(2,3)29(5,23-12-8-11-21(32-23)26(36)33-28(4)13-14-28)25-18(17)15-22(34-35-25)24-19(30)9-7-10-20(24)31/h7-12,15,17H,6,13-14,16H2,1-5H3,(H,33,36)/t17-,29+/m1/s1. The van der Waals surface area contributed by atoms with Crippen molar-refractivity contribution in [2.75, 3.05) is 0 Å². The summed E-state index contributed by atoms with van der Waals surface area (Å²) >= 11 is 0. The molecule has 1 saturated carbocycles. The van der Waals surface area contributed by atoms with Gasteiger partial charge in [-0.3, -0.25) is 4.79 Å². The maximum Gasteiger partial charge on any atom is 0.270 e. The van der Waals surface area contributed by atoms with E-state index in [4.69, 9.17) is 4.98 Å². The Morgan fingerprint density at radius 1 is 1.03 bits per heavy atom. The SMILES string of the molecule is CC[C@@H]1CC(C)(C)[C@@](C)(c2cccc(C(=O)NC3(C)CC3)n2)c2nnc(-c3c(F)cccc3F)cc21. The second-order valence-electron chi connectivity index (χ2n) is 11.4. The van der Waals surface area contributed by atoms with Crippen LogP contribution in [0.1, 0.15) is 93.7 Å². The van der Waals surface area contributed by atoms with Gasteiger partial charge in [-0.15, -0.1) is 5.10 Å². The first-order valence-corrected chi connectivity index (χ1v) is 12.6. The highest BCUT2D eigenvalue weighted by Gasteiger charge is 2.52. The summed E-state index contributed by atoms with van der Waals surface area (Å²) in [6.45, 7) is 10.6. The van der Waals surface area contributed by atoms with E-state index in [0.717, 1.165) is 42.6 Å². The van der Waals surface area contributed by atoms with E-state index in [1.165, 1.54) is 18.2 Å². The summed E-state index contributed by atoms with van der Waals surface area (Å²) < 4.78 is 29.1. The number of nitrogens with zero attached hydrogens (tertiary/aromatic N) is 3. The number of fused-ring (bicyclic) bond motifs is 1. The fourth-order valence-electron chi connectivity index (χ4n) is 5.54. The molecule has 1 amide bonds. The summed E-state index contributed by atoms with van der Waals surface area (Å²) in [6.07, 6.45) is 3.62. The number of hydrogen-bond acceptors (Lipinski definition) is 4. The van der Waals surface area contributed by atoms with Crippen LogP contribution in [-0.4, -0.2) is 26.6 Å². The Hall–Kier alpha value is -3.22. The predicted molar refractivity (Wildman–Crippen MR) is 135 cm³/mol. The number of halogens is 2. The molecule has 0 spiro atoms. The summed E-state index contributed by atoms with van der Waals surface area (Å²) in [5.41, 5.74) is 1.69. The highest BCUT2D eigenvalue weighted by molar-refractivity contribution is 5.93. The van der Waals surface area contributed by atoms with E-state index < -0.39 is 17.0 Å². The fraction of sp³-hybridized carbons (Fsp3) is 0.448. The lowest BCUT2D eigenvalue weighted by Gasteiger charge is -2.50. The van der Waals surface area contributed by atoms with E-state index in [2.05, 4.69) is 43.2 Å². The van der Waals surface area contributed by atoms with Crippen LogP contribution in [0, 0.1) is 17.0 Å². The number of aromatic nitrogens is 3. The predicted octanol–water partition coefficient (Wildman–Crippen LogP) is 6.33. The summed E-state index contributed by atoms with van der Waals surface area (Å²) in [7, 11) is 0. The molecule has 1 N–H and O–H groups in total. The minimum Gasteiger partial charge on any atom is -0.346 e. The van der Waals surface area contributed by atoms with Gasteiger partial charge in [0, 0.05) is 5.54 Å². The van der Waals surface area contributed by atoms with Gasteiger partial charge in [0.2, 0.25) is 0 Å². The van der Waals surface area contributed by atoms with E-state index >= 15 is 0 Å². The lowest BCUT2D eigenvalue weighted by Crippen LogP contribution is -2.47. The molecule has 0 bridgehead atoms. The summed E-state index contributed by atoms with van der Waals surface area (Å²) in [5, 5.41) is 12.0. The van der Waals surface area contributed by atoms with Gasteiger partial charge in [-0.25, -0.2) is 13.8 Å². The topological polar surface area (TPSA) is 67.8 Å². The normalized spacial score (nSPS) is 23.6. The molecule has 7 heteroatoms. The highest BCUT2D eigenvalue weighted by Crippen LogP contribution is 2.56. The van der Waals surface area contributed by atoms with E-state index in [-0.39, 0.29) is 34.0 Å². The van der Waals surface area contributed by atoms with Crippen molar-refractivity contribution in [2.45, 2.75) is 77.2 Å². The maximum atomic E-state index is 14.6.